The molecule has 30 heavy (non-hydrogen) atoms. The third-order valence-corrected chi connectivity index (χ3v) is 5.85. The van der Waals surface area contributed by atoms with Gasteiger partial charge in [-0.25, -0.2) is 0 Å². The number of fused-ring (bicyclic) bond motifs is 1. The second-order valence-corrected chi connectivity index (χ2v) is 8.08. The molecule has 0 spiro atoms. The molecule has 1 saturated carbocycles. The average Bonchev–Trinajstić information content (AvgIpc) is 3.43. The fraction of sp³-hybridized carbons (Fsp3) is 0.227. The fourth-order valence-electron chi connectivity index (χ4n) is 3.65. The second kappa shape index (κ2) is 7.08. The van der Waals surface area contributed by atoms with E-state index < -0.39 is 11.9 Å². The number of pyridine rings is 1. The monoisotopic (exact) mass is 449 g/mol. The van der Waals surface area contributed by atoms with Crippen LogP contribution in [0, 0.1) is 0 Å². The van der Waals surface area contributed by atoms with Gasteiger partial charge in [-0.15, -0.1) is 8.78 Å². The SMILES string of the molecule is FC1(F)Oc2cccc(-c3ccncc3C3(OCc4cc(Cl)ccc4Cl)CC3)c2O1. The number of para-hydroxylation sites is 1. The maximum absolute atomic E-state index is 13.7. The van der Waals surface area contributed by atoms with Crippen LogP contribution in [0.1, 0.15) is 24.0 Å². The summed E-state index contributed by atoms with van der Waals surface area (Å²) in [7, 11) is 0. The minimum Gasteiger partial charge on any atom is -0.395 e. The molecule has 1 aliphatic heterocycles. The van der Waals surface area contributed by atoms with E-state index in [-0.39, 0.29) is 18.1 Å². The Bertz CT molecular complexity index is 1140. The van der Waals surface area contributed by atoms with Crippen LogP contribution in [0.5, 0.6) is 11.5 Å². The van der Waals surface area contributed by atoms with Crippen LogP contribution in [-0.2, 0) is 16.9 Å². The molecule has 2 heterocycles. The Morgan fingerprint density at radius 3 is 2.67 bits per heavy atom. The molecule has 1 fully saturated rings. The van der Waals surface area contributed by atoms with Crippen LogP contribution in [0.25, 0.3) is 11.1 Å². The first-order chi connectivity index (χ1) is 14.4. The lowest BCUT2D eigenvalue weighted by molar-refractivity contribution is -0.286. The number of hydrogen-bond donors (Lipinski definition) is 0. The molecular formula is C22H15Cl2F2NO3. The first-order valence-electron chi connectivity index (χ1n) is 9.29. The van der Waals surface area contributed by atoms with Crippen molar-refractivity contribution in [3.05, 3.63) is 76.0 Å². The normalized spacial score (nSPS) is 17.7. The largest absolute Gasteiger partial charge is 0.586 e. The lowest BCUT2D eigenvalue weighted by atomic mass is 9.96. The minimum absolute atomic E-state index is 0.00302. The standard InChI is InChI=1S/C22H15Cl2F2NO3/c23-14-4-5-18(24)13(10-14)12-28-21(7-8-21)17-11-27-9-6-15(17)16-2-1-3-19-20(16)30-22(25,26)29-19/h1-6,9-11H,7-8,12H2. The van der Waals surface area contributed by atoms with Gasteiger partial charge in [-0.1, -0.05) is 35.3 Å². The van der Waals surface area contributed by atoms with Gasteiger partial charge in [-0.3, -0.25) is 4.98 Å². The maximum Gasteiger partial charge on any atom is 0.586 e. The molecule has 0 amide bonds. The van der Waals surface area contributed by atoms with Crippen molar-refractivity contribution in [2.24, 2.45) is 0 Å². The summed E-state index contributed by atoms with van der Waals surface area (Å²) in [6.07, 6.45) is 1.16. The molecule has 2 aliphatic rings. The molecule has 154 valence electrons. The zero-order valence-corrected chi connectivity index (χ0v) is 17.0. The molecule has 8 heteroatoms. The van der Waals surface area contributed by atoms with E-state index in [0.717, 1.165) is 24.0 Å². The summed E-state index contributed by atoms with van der Waals surface area (Å²) in [5.74, 6) is 0.000345. The van der Waals surface area contributed by atoms with Gasteiger partial charge in [0.2, 0.25) is 0 Å². The zero-order valence-electron chi connectivity index (χ0n) is 15.5. The van der Waals surface area contributed by atoms with E-state index in [1.165, 1.54) is 6.07 Å². The van der Waals surface area contributed by atoms with Crippen LogP contribution < -0.4 is 9.47 Å². The van der Waals surface area contributed by atoms with E-state index in [0.29, 0.717) is 21.2 Å². The van der Waals surface area contributed by atoms with Gasteiger partial charge in [0.1, 0.15) is 0 Å². The van der Waals surface area contributed by atoms with Crippen molar-refractivity contribution in [2.75, 3.05) is 0 Å². The Hall–Kier alpha value is -2.41. The highest BCUT2D eigenvalue weighted by molar-refractivity contribution is 6.33. The summed E-state index contributed by atoms with van der Waals surface area (Å²) in [5, 5.41) is 1.14. The van der Waals surface area contributed by atoms with Gasteiger partial charge in [0.15, 0.2) is 11.5 Å². The Labute approximate surface area is 181 Å². The van der Waals surface area contributed by atoms with Crippen LogP contribution in [0.3, 0.4) is 0 Å². The Balaban J connectivity index is 1.50. The number of aromatic nitrogens is 1. The maximum atomic E-state index is 13.7. The first kappa shape index (κ1) is 19.5. The van der Waals surface area contributed by atoms with Crippen LogP contribution >= 0.6 is 23.2 Å². The van der Waals surface area contributed by atoms with Crippen molar-refractivity contribution >= 4 is 23.2 Å². The minimum atomic E-state index is -3.69. The number of benzene rings is 2. The molecule has 0 radical (unpaired) electrons. The molecule has 4 nitrogen and oxygen atoms in total. The summed E-state index contributed by atoms with van der Waals surface area (Å²) >= 11 is 12.3. The molecule has 3 aromatic rings. The highest BCUT2D eigenvalue weighted by Crippen LogP contribution is 2.55. The summed E-state index contributed by atoms with van der Waals surface area (Å²) in [5.41, 5.74) is 2.20. The van der Waals surface area contributed by atoms with E-state index in [2.05, 4.69) is 9.72 Å². The van der Waals surface area contributed by atoms with Crippen LogP contribution in [0.2, 0.25) is 10.0 Å². The molecule has 5 rings (SSSR count). The molecule has 2 aromatic carbocycles. The molecule has 0 atom stereocenters. The van der Waals surface area contributed by atoms with Gasteiger partial charge in [-0.2, -0.15) is 0 Å². The Kier molecular flexibility index (Phi) is 4.61. The van der Waals surface area contributed by atoms with E-state index in [4.69, 9.17) is 32.7 Å². The molecular weight excluding hydrogens is 435 g/mol. The third-order valence-electron chi connectivity index (χ3n) is 5.25. The number of rotatable bonds is 5. The topological polar surface area (TPSA) is 40.6 Å². The molecule has 1 aliphatic carbocycles. The number of nitrogens with zero attached hydrogens (tertiary/aromatic N) is 1. The lowest BCUT2D eigenvalue weighted by Crippen LogP contribution is -2.26. The molecule has 0 bridgehead atoms. The smallest absolute Gasteiger partial charge is 0.395 e. The molecule has 1 aromatic heterocycles. The molecule has 0 saturated heterocycles. The summed E-state index contributed by atoms with van der Waals surface area (Å²) in [6.45, 7) is 0.262. The molecule has 0 N–H and O–H groups in total. The number of alkyl halides is 2. The van der Waals surface area contributed by atoms with E-state index in [1.807, 2.05) is 0 Å². The summed E-state index contributed by atoms with van der Waals surface area (Å²) in [4.78, 5) is 4.24. The van der Waals surface area contributed by atoms with Crippen molar-refractivity contribution in [3.8, 4) is 22.6 Å². The fourth-order valence-corrected chi connectivity index (χ4v) is 4.02. The number of hydrogen-bond acceptors (Lipinski definition) is 4. The van der Waals surface area contributed by atoms with Gasteiger partial charge >= 0.3 is 6.29 Å². The molecule has 0 unspecified atom stereocenters. The van der Waals surface area contributed by atoms with Crippen molar-refractivity contribution in [2.45, 2.75) is 31.3 Å². The van der Waals surface area contributed by atoms with E-state index in [9.17, 15) is 8.78 Å². The highest BCUT2D eigenvalue weighted by atomic mass is 35.5. The predicted molar refractivity (Wildman–Crippen MR) is 108 cm³/mol. The third kappa shape index (κ3) is 3.49. The first-order valence-corrected chi connectivity index (χ1v) is 10.0. The quantitative estimate of drug-likeness (QED) is 0.440. The van der Waals surface area contributed by atoms with E-state index >= 15 is 0 Å². The van der Waals surface area contributed by atoms with Gasteiger partial charge < -0.3 is 14.2 Å². The average molecular weight is 450 g/mol. The van der Waals surface area contributed by atoms with Crippen LogP contribution in [0.15, 0.2) is 54.9 Å². The van der Waals surface area contributed by atoms with Gasteiger partial charge in [0.25, 0.3) is 0 Å². The second-order valence-electron chi connectivity index (χ2n) is 7.24. The predicted octanol–water partition coefficient (Wildman–Crippen LogP) is 6.58. The van der Waals surface area contributed by atoms with Crippen LogP contribution in [-0.4, -0.2) is 11.3 Å². The van der Waals surface area contributed by atoms with Crippen molar-refractivity contribution in [3.63, 3.8) is 0 Å². The number of halogens is 4. The Morgan fingerprint density at radius 1 is 1.03 bits per heavy atom. The van der Waals surface area contributed by atoms with Crippen molar-refractivity contribution in [1.82, 2.24) is 4.98 Å². The zero-order chi connectivity index (χ0) is 20.9. The highest BCUT2D eigenvalue weighted by Gasteiger charge is 2.49. The van der Waals surface area contributed by atoms with Crippen molar-refractivity contribution in [1.29, 1.82) is 0 Å². The van der Waals surface area contributed by atoms with Crippen LogP contribution in [0.4, 0.5) is 8.78 Å². The van der Waals surface area contributed by atoms with Gasteiger partial charge in [0.05, 0.1) is 12.2 Å². The van der Waals surface area contributed by atoms with E-state index in [1.54, 1.807) is 48.8 Å². The van der Waals surface area contributed by atoms with Gasteiger partial charge in [-0.05, 0) is 54.3 Å². The number of ether oxygens (including phenoxy) is 3. The summed E-state index contributed by atoms with van der Waals surface area (Å²) in [6, 6.07) is 11.8. The Morgan fingerprint density at radius 2 is 1.87 bits per heavy atom. The van der Waals surface area contributed by atoms with Crippen molar-refractivity contribution < 1.29 is 23.0 Å². The lowest BCUT2D eigenvalue weighted by Gasteiger charge is -2.21. The summed E-state index contributed by atoms with van der Waals surface area (Å²) < 4.78 is 42.9. The van der Waals surface area contributed by atoms with Gasteiger partial charge in [0, 0.05) is 33.6 Å².